The Morgan fingerprint density at radius 1 is 1.48 bits per heavy atom. The van der Waals surface area contributed by atoms with Crippen LogP contribution in [0.3, 0.4) is 0 Å². The number of halogens is 1. The SMILES string of the molecule is CCOCCCNC(=O)C(C)n1nnc(-c2cccc(F)c2)n1. The van der Waals surface area contributed by atoms with Gasteiger partial charge in [-0.05, 0) is 37.6 Å². The Balaban J connectivity index is 1.92. The van der Waals surface area contributed by atoms with Crippen molar-refractivity contribution in [2.24, 2.45) is 0 Å². The Hall–Kier alpha value is -2.35. The number of tetrazole rings is 1. The summed E-state index contributed by atoms with van der Waals surface area (Å²) in [5.74, 6) is -0.302. The summed E-state index contributed by atoms with van der Waals surface area (Å²) in [7, 11) is 0. The van der Waals surface area contributed by atoms with Gasteiger partial charge in [0.15, 0.2) is 0 Å². The van der Waals surface area contributed by atoms with Crippen LogP contribution >= 0.6 is 0 Å². The minimum absolute atomic E-state index is 0.204. The molecule has 1 atom stereocenters. The maximum absolute atomic E-state index is 13.2. The molecule has 1 N–H and O–H groups in total. The van der Waals surface area contributed by atoms with Gasteiger partial charge >= 0.3 is 0 Å². The quantitative estimate of drug-likeness (QED) is 0.747. The van der Waals surface area contributed by atoms with E-state index in [1.807, 2.05) is 6.92 Å². The molecule has 23 heavy (non-hydrogen) atoms. The number of carbonyl (C=O) groups is 1. The Kier molecular flexibility index (Phi) is 6.16. The van der Waals surface area contributed by atoms with Crippen molar-refractivity contribution in [3.05, 3.63) is 30.1 Å². The molecule has 7 nitrogen and oxygen atoms in total. The average Bonchev–Trinajstić information content (AvgIpc) is 3.03. The van der Waals surface area contributed by atoms with Gasteiger partial charge in [-0.25, -0.2) is 4.39 Å². The van der Waals surface area contributed by atoms with Crippen molar-refractivity contribution in [1.29, 1.82) is 0 Å². The topological polar surface area (TPSA) is 81.9 Å². The Morgan fingerprint density at radius 2 is 2.30 bits per heavy atom. The fourth-order valence-electron chi connectivity index (χ4n) is 1.92. The van der Waals surface area contributed by atoms with Crippen molar-refractivity contribution in [2.45, 2.75) is 26.3 Å². The molecule has 1 aromatic heterocycles. The highest BCUT2D eigenvalue weighted by molar-refractivity contribution is 5.79. The summed E-state index contributed by atoms with van der Waals surface area (Å²) >= 11 is 0. The van der Waals surface area contributed by atoms with E-state index >= 15 is 0 Å². The number of carbonyl (C=O) groups excluding carboxylic acids is 1. The lowest BCUT2D eigenvalue weighted by Crippen LogP contribution is -2.33. The first-order chi connectivity index (χ1) is 11.1. The molecule has 0 aliphatic rings. The van der Waals surface area contributed by atoms with Crippen LogP contribution in [0.2, 0.25) is 0 Å². The first-order valence-electron chi connectivity index (χ1n) is 7.52. The van der Waals surface area contributed by atoms with Gasteiger partial charge in [0.25, 0.3) is 0 Å². The zero-order valence-electron chi connectivity index (χ0n) is 13.2. The van der Waals surface area contributed by atoms with Crippen LogP contribution in [-0.2, 0) is 9.53 Å². The molecular formula is C15H20FN5O2. The number of aromatic nitrogens is 4. The van der Waals surface area contributed by atoms with Crippen molar-refractivity contribution in [3.63, 3.8) is 0 Å². The highest BCUT2D eigenvalue weighted by atomic mass is 19.1. The molecule has 0 aliphatic heterocycles. The third-order valence-corrected chi connectivity index (χ3v) is 3.21. The molecule has 2 aromatic rings. The molecule has 0 spiro atoms. The standard InChI is InChI=1S/C15H20FN5O2/c1-3-23-9-5-8-17-15(22)11(2)21-19-14(18-20-21)12-6-4-7-13(16)10-12/h4,6-7,10-11H,3,5,8-9H2,1-2H3,(H,17,22). The number of benzene rings is 1. The third-order valence-electron chi connectivity index (χ3n) is 3.21. The largest absolute Gasteiger partial charge is 0.382 e. The van der Waals surface area contributed by atoms with Crippen molar-refractivity contribution in [2.75, 3.05) is 19.8 Å². The molecular weight excluding hydrogens is 301 g/mol. The number of ether oxygens (including phenoxy) is 1. The molecule has 1 aromatic carbocycles. The summed E-state index contributed by atoms with van der Waals surface area (Å²) in [5, 5.41) is 14.7. The van der Waals surface area contributed by atoms with Crippen molar-refractivity contribution < 1.29 is 13.9 Å². The number of amides is 1. The zero-order valence-corrected chi connectivity index (χ0v) is 13.2. The van der Waals surface area contributed by atoms with Crippen molar-refractivity contribution in [3.8, 4) is 11.4 Å². The number of nitrogens with zero attached hydrogens (tertiary/aromatic N) is 4. The minimum atomic E-state index is -0.600. The van der Waals surface area contributed by atoms with Crippen LogP contribution < -0.4 is 5.32 Å². The van der Waals surface area contributed by atoms with E-state index in [4.69, 9.17) is 4.74 Å². The van der Waals surface area contributed by atoms with Crippen molar-refractivity contribution >= 4 is 5.91 Å². The normalized spacial score (nSPS) is 12.1. The first-order valence-corrected chi connectivity index (χ1v) is 7.52. The van der Waals surface area contributed by atoms with Gasteiger partial charge in [0.2, 0.25) is 11.7 Å². The summed E-state index contributed by atoms with van der Waals surface area (Å²) in [6, 6.07) is 5.31. The molecule has 0 aliphatic carbocycles. The number of rotatable bonds is 8. The number of hydrogen-bond acceptors (Lipinski definition) is 5. The maximum Gasteiger partial charge on any atom is 0.246 e. The second-order valence-corrected chi connectivity index (χ2v) is 4.96. The molecule has 1 unspecified atom stereocenters. The van der Waals surface area contributed by atoms with Gasteiger partial charge in [-0.1, -0.05) is 12.1 Å². The fraction of sp³-hybridized carbons (Fsp3) is 0.467. The lowest BCUT2D eigenvalue weighted by molar-refractivity contribution is -0.124. The van der Waals surface area contributed by atoms with E-state index in [9.17, 15) is 9.18 Å². The Labute approximate surface area is 133 Å². The Morgan fingerprint density at radius 3 is 3.04 bits per heavy atom. The van der Waals surface area contributed by atoms with Gasteiger partial charge in [-0.3, -0.25) is 4.79 Å². The summed E-state index contributed by atoms with van der Waals surface area (Å²) in [4.78, 5) is 13.3. The average molecular weight is 321 g/mol. The lowest BCUT2D eigenvalue weighted by Gasteiger charge is -2.10. The fourth-order valence-corrected chi connectivity index (χ4v) is 1.92. The van der Waals surface area contributed by atoms with Crippen LogP contribution in [0.25, 0.3) is 11.4 Å². The van der Waals surface area contributed by atoms with E-state index in [0.717, 1.165) is 6.42 Å². The molecule has 0 saturated carbocycles. The molecule has 124 valence electrons. The monoisotopic (exact) mass is 321 g/mol. The smallest absolute Gasteiger partial charge is 0.246 e. The van der Waals surface area contributed by atoms with E-state index < -0.39 is 6.04 Å². The summed E-state index contributed by atoms with van der Waals surface area (Å²) in [5.41, 5.74) is 0.514. The van der Waals surface area contributed by atoms with E-state index in [0.29, 0.717) is 25.3 Å². The molecule has 0 fully saturated rings. The van der Waals surface area contributed by atoms with Crippen LogP contribution in [-0.4, -0.2) is 45.9 Å². The van der Waals surface area contributed by atoms with Gasteiger partial charge in [0, 0.05) is 25.3 Å². The second-order valence-electron chi connectivity index (χ2n) is 4.96. The van der Waals surface area contributed by atoms with E-state index in [1.54, 1.807) is 19.1 Å². The van der Waals surface area contributed by atoms with Crippen LogP contribution in [0, 0.1) is 5.82 Å². The lowest BCUT2D eigenvalue weighted by atomic mass is 10.2. The van der Waals surface area contributed by atoms with Crippen molar-refractivity contribution in [1.82, 2.24) is 25.5 Å². The molecule has 8 heteroatoms. The predicted molar refractivity (Wildman–Crippen MR) is 82.0 cm³/mol. The van der Waals surface area contributed by atoms with Crippen LogP contribution in [0.5, 0.6) is 0 Å². The first kappa shape index (κ1) is 17.0. The predicted octanol–water partition coefficient (Wildman–Crippen LogP) is 1.58. The molecule has 2 rings (SSSR count). The molecule has 0 radical (unpaired) electrons. The highest BCUT2D eigenvalue weighted by Gasteiger charge is 2.18. The van der Waals surface area contributed by atoms with E-state index in [-0.39, 0.29) is 17.5 Å². The molecule has 0 bridgehead atoms. The number of hydrogen-bond donors (Lipinski definition) is 1. The molecule has 1 amide bonds. The van der Waals surface area contributed by atoms with Gasteiger partial charge in [-0.2, -0.15) is 4.80 Å². The molecule has 1 heterocycles. The van der Waals surface area contributed by atoms with Gasteiger partial charge < -0.3 is 10.1 Å². The summed E-state index contributed by atoms with van der Waals surface area (Å²) < 4.78 is 18.4. The summed E-state index contributed by atoms with van der Waals surface area (Å²) in [6.07, 6.45) is 0.742. The highest BCUT2D eigenvalue weighted by Crippen LogP contribution is 2.15. The Bertz CT molecular complexity index is 646. The van der Waals surface area contributed by atoms with Gasteiger partial charge in [0.05, 0.1) is 0 Å². The maximum atomic E-state index is 13.2. The van der Waals surface area contributed by atoms with E-state index in [1.165, 1.54) is 16.9 Å². The summed E-state index contributed by atoms with van der Waals surface area (Å²) in [6.45, 7) is 5.39. The van der Waals surface area contributed by atoms with Gasteiger partial charge in [0.1, 0.15) is 11.9 Å². The van der Waals surface area contributed by atoms with Crippen LogP contribution in [0.15, 0.2) is 24.3 Å². The third kappa shape index (κ3) is 4.82. The second kappa shape index (κ2) is 8.33. The van der Waals surface area contributed by atoms with Crippen LogP contribution in [0.4, 0.5) is 4.39 Å². The molecule has 0 saturated heterocycles. The van der Waals surface area contributed by atoms with Gasteiger partial charge in [-0.15, -0.1) is 10.2 Å². The minimum Gasteiger partial charge on any atom is -0.382 e. The van der Waals surface area contributed by atoms with E-state index in [2.05, 4.69) is 20.7 Å². The number of nitrogens with one attached hydrogen (secondary N) is 1. The zero-order chi connectivity index (χ0) is 16.7. The van der Waals surface area contributed by atoms with Crippen LogP contribution in [0.1, 0.15) is 26.3 Å².